The Morgan fingerprint density at radius 1 is 1.32 bits per heavy atom. The summed E-state index contributed by atoms with van der Waals surface area (Å²) in [5, 5.41) is 14.7. The average Bonchev–Trinajstić information content (AvgIpc) is 3.39. The van der Waals surface area contributed by atoms with Gasteiger partial charge in [0.1, 0.15) is 10.6 Å². The van der Waals surface area contributed by atoms with Gasteiger partial charge in [-0.3, -0.25) is 25.2 Å². The zero-order valence-corrected chi connectivity index (χ0v) is 20.6. The van der Waals surface area contributed by atoms with Gasteiger partial charge in [0.2, 0.25) is 5.95 Å². The van der Waals surface area contributed by atoms with Crippen LogP contribution in [-0.2, 0) is 6.54 Å². The fourth-order valence-corrected chi connectivity index (χ4v) is 5.44. The SMILES string of the molecule is C[C@@H]1CCCOc2ccncc2-c2sc(cc2[N+](=O)[O-])C(=O)Nc2nc3ccc(Br)cc3n2C1. The standard InChI is InChI=1S/C23H20BrN5O4S/c1-13-3-2-8-33-19-6-7-25-11-15(19)21-18(29(31)32)10-20(34-21)22(30)27-23-26-16-5-4-14(24)9-17(16)28(23)12-13/h4-7,9-11,13H,2-3,8,12H2,1H3,(H,26,27,30)/t13-/m1/s1. The van der Waals surface area contributed by atoms with Crippen molar-refractivity contribution in [3.05, 3.63) is 62.2 Å². The van der Waals surface area contributed by atoms with Crippen LogP contribution in [0.25, 0.3) is 21.5 Å². The monoisotopic (exact) mass is 541 g/mol. The highest BCUT2D eigenvalue weighted by Crippen LogP contribution is 2.42. The number of thiophene rings is 1. The van der Waals surface area contributed by atoms with E-state index >= 15 is 0 Å². The molecule has 0 spiro atoms. The summed E-state index contributed by atoms with van der Waals surface area (Å²) >= 11 is 4.55. The number of hydrogen-bond acceptors (Lipinski definition) is 7. The van der Waals surface area contributed by atoms with Crippen molar-refractivity contribution < 1.29 is 14.5 Å². The minimum atomic E-state index is -0.489. The van der Waals surface area contributed by atoms with Crippen LogP contribution in [0.15, 0.2) is 47.2 Å². The number of anilines is 1. The normalized spacial score (nSPS) is 16.5. The molecule has 0 saturated carbocycles. The first-order valence-corrected chi connectivity index (χ1v) is 12.3. The Balaban J connectivity index is 1.63. The number of amides is 1. The number of carbonyl (C=O) groups excluding carboxylic acids is 1. The Bertz CT molecular complexity index is 1420. The number of ether oxygens (including phenoxy) is 1. The van der Waals surface area contributed by atoms with Crippen molar-refractivity contribution >= 4 is 55.8 Å². The first-order valence-electron chi connectivity index (χ1n) is 10.7. The number of benzene rings is 1. The molecule has 11 heteroatoms. The lowest BCUT2D eigenvalue weighted by molar-refractivity contribution is -0.383. The fourth-order valence-electron chi connectivity index (χ4n) is 4.06. The molecule has 0 aliphatic carbocycles. The maximum atomic E-state index is 13.2. The van der Waals surface area contributed by atoms with Crippen LogP contribution in [0, 0.1) is 16.0 Å². The van der Waals surface area contributed by atoms with Gasteiger partial charge in [-0.05, 0) is 43.0 Å². The number of nitrogens with one attached hydrogen (secondary N) is 1. The van der Waals surface area contributed by atoms with Crippen LogP contribution in [-0.4, -0.2) is 32.0 Å². The van der Waals surface area contributed by atoms with Gasteiger partial charge >= 0.3 is 0 Å². The van der Waals surface area contributed by atoms with Gasteiger partial charge in [0, 0.05) is 29.5 Å². The van der Waals surface area contributed by atoms with Crippen molar-refractivity contribution in [3.63, 3.8) is 0 Å². The highest BCUT2D eigenvalue weighted by atomic mass is 79.9. The highest BCUT2D eigenvalue weighted by molar-refractivity contribution is 9.10. The number of halogens is 1. The van der Waals surface area contributed by atoms with E-state index in [-0.39, 0.29) is 10.6 Å². The molecule has 2 bridgehead atoms. The van der Waals surface area contributed by atoms with Gasteiger partial charge in [0.25, 0.3) is 11.6 Å². The van der Waals surface area contributed by atoms with Crippen molar-refractivity contribution in [1.29, 1.82) is 0 Å². The van der Waals surface area contributed by atoms with Crippen molar-refractivity contribution in [2.45, 2.75) is 26.3 Å². The molecule has 0 fully saturated rings. The summed E-state index contributed by atoms with van der Waals surface area (Å²) in [5.41, 5.74) is 1.99. The molecule has 1 aliphatic rings. The van der Waals surface area contributed by atoms with E-state index in [1.165, 1.54) is 12.3 Å². The van der Waals surface area contributed by atoms with Crippen LogP contribution in [0.4, 0.5) is 11.6 Å². The third-order valence-corrected chi connectivity index (χ3v) is 7.34. The summed E-state index contributed by atoms with van der Waals surface area (Å²) in [7, 11) is 0. The molecule has 1 atom stereocenters. The van der Waals surface area contributed by atoms with Crippen LogP contribution in [0.3, 0.4) is 0 Å². The summed E-state index contributed by atoms with van der Waals surface area (Å²) < 4.78 is 8.90. The lowest BCUT2D eigenvalue weighted by Crippen LogP contribution is -2.17. The van der Waals surface area contributed by atoms with E-state index in [4.69, 9.17) is 4.74 Å². The molecule has 9 nitrogen and oxygen atoms in total. The van der Waals surface area contributed by atoms with E-state index in [9.17, 15) is 14.9 Å². The Hall–Kier alpha value is -3.31. The fraction of sp³-hybridized carbons (Fsp3) is 0.261. The summed E-state index contributed by atoms with van der Waals surface area (Å²) in [5.74, 6) is 0.768. The van der Waals surface area contributed by atoms with Gasteiger partial charge in [-0.2, -0.15) is 0 Å². The summed E-state index contributed by atoms with van der Waals surface area (Å²) in [6.45, 7) is 3.27. The van der Waals surface area contributed by atoms with Gasteiger partial charge in [-0.25, -0.2) is 4.98 Å². The van der Waals surface area contributed by atoms with Crippen molar-refractivity contribution in [2.24, 2.45) is 5.92 Å². The van der Waals surface area contributed by atoms with Crippen molar-refractivity contribution in [2.75, 3.05) is 11.9 Å². The third kappa shape index (κ3) is 4.28. The van der Waals surface area contributed by atoms with Crippen LogP contribution >= 0.6 is 27.3 Å². The van der Waals surface area contributed by atoms with Gasteiger partial charge < -0.3 is 9.30 Å². The number of imidazole rings is 1. The molecule has 0 radical (unpaired) electrons. The molecule has 0 saturated heterocycles. The van der Waals surface area contributed by atoms with Crippen molar-refractivity contribution in [3.8, 4) is 16.2 Å². The molecule has 4 aromatic rings. The molecule has 4 heterocycles. The number of carbonyl (C=O) groups is 1. The highest BCUT2D eigenvalue weighted by Gasteiger charge is 2.27. The second-order valence-electron chi connectivity index (χ2n) is 8.18. The summed E-state index contributed by atoms with van der Waals surface area (Å²) in [6, 6.07) is 8.75. The topological polar surface area (TPSA) is 112 Å². The molecule has 34 heavy (non-hydrogen) atoms. The third-order valence-electron chi connectivity index (χ3n) is 5.69. The molecule has 0 unspecified atom stereocenters. The van der Waals surface area contributed by atoms with Gasteiger partial charge in [0.15, 0.2) is 0 Å². The van der Waals surface area contributed by atoms with Crippen LogP contribution < -0.4 is 10.1 Å². The number of hydrogen-bond donors (Lipinski definition) is 1. The van der Waals surface area contributed by atoms with E-state index in [0.29, 0.717) is 41.2 Å². The van der Waals surface area contributed by atoms with Gasteiger partial charge in [0.05, 0.1) is 33.0 Å². The largest absolute Gasteiger partial charge is 0.493 e. The Kier molecular flexibility index (Phi) is 6.05. The second kappa shape index (κ2) is 9.15. The Morgan fingerprint density at radius 2 is 2.18 bits per heavy atom. The summed E-state index contributed by atoms with van der Waals surface area (Å²) in [4.78, 5) is 33.8. The van der Waals surface area contributed by atoms with Crippen molar-refractivity contribution in [1.82, 2.24) is 14.5 Å². The number of fused-ring (bicyclic) bond motifs is 7. The molecular formula is C23H20BrN5O4S. The van der Waals surface area contributed by atoms with E-state index in [2.05, 4.69) is 38.1 Å². The predicted molar refractivity (Wildman–Crippen MR) is 133 cm³/mol. The lowest BCUT2D eigenvalue weighted by atomic mass is 10.1. The van der Waals surface area contributed by atoms with E-state index < -0.39 is 10.8 Å². The Labute approximate surface area is 207 Å². The van der Waals surface area contributed by atoms with Gasteiger partial charge in [-0.1, -0.05) is 22.9 Å². The van der Waals surface area contributed by atoms with E-state index in [1.54, 1.807) is 12.3 Å². The molecule has 174 valence electrons. The zero-order chi connectivity index (χ0) is 23.8. The van der Waals surface area contributed by atoms with E-state index in [1.807, 2.05) is 22.8 Å². The van der Waals surface area contributed by atoms with Crippen LogP contribution in [0.5, 0.6) is 5.75 Å². The number of nitrogens with zero attached hydrogens (tertiary/aromatic N) is 4. The maximum Gasteiger partial charge on any atom is 0.288 e. The predicted octanol–water partition coefficient (Wildman–Crippen LogP) is 5.89. The minimum Gasteiger partial charge on any atom is -0.493 e. The maximum absolute atomic E-state index is 13.2. The first kappa shape index (κ1) is 22.5. The van der Waals surface area contributed by atoms with Crippen LogP contribution in [0.2, 0.25) is 0 Å². The molecule has 1 aromatic carbocycles. The quantitative estimate of drug-likeness (QED) is 0.237. The molecular weight excluding hydrogens is 522 g/mol. The molecule has 1 N–H and O–H groups in total. The number of aromatic nitrogens is 3. The molecule has 1 aliphatic heterocycles. The van der Waals surface area contributed by atoms with Crippen LogP contribution in [0.1, 0.15) is 29.4 Å². The zero-order valence-electron chi connectivity index (χ0n) is 18.2. The first-order chi connectivity index (χ1) is 16.4. The minimum absolute atomic E-state index is 0.161. The Morgan fingerprint density at radius 3 is 3.00 bits per heavy atom. The van der Waals surface area contributed by atoms with Gasteiger partial charge in [-0.15, -0.1) is 11.3 Å². The smallest absolute Gasteiger partial charge is 0.288 e. The molecule has 5 rings (SSSR count). The lowest BCUT2D eigenvalue weighted by Gasteiger charge is -2.16. The number of nitro groups is 1. The molecule has 3 aromatic heterocycles. The second-order valence-corrected chi connectivity index (χ2v) is 10.2. The molecule has 1 amide bonds. The average molecular weight is 542 g/mol. The van der Waals surface area contributed by atoms with E-state index in [0.717, 1.165) is 39.7 Å². The summed E-state index contributed by atoms with van der Waals surface area (Å²) in [6.07, 6.45) is 4.82. The number of pyridine rings is 1. The number of rotatable bonds is 1.